The molecule has 2 saturated heterocycles. The van der Waals surface area contributed by atoms with Crippen molar-refractivity contribution in [2.75, 3.05) is 42.5 Å². The topological polar surface area (TPSA) is 126 Å². The molecule has 0 aromatic heterocycles. The summed E-state index contributed by atoms with van der Waals surface area (Å²) in [6.07, 6.45) is -0.580. The third-order valence-electron chi connectivity index (χ3n) is 9.07. The maximum Gasteiger partial charge on any atom is 0.269 e. The van der Waals surface area contributed by atoms with Gasteiger partial charge < -0.3 is 19.5 Å². The fourth-order valence-electron chi connectivity index (χ4n) is 6.53. The van der Waals surface area contributed by atoms with E-state index in [0.29, 0.717) is 35.3 Å². The van der Waals surface area contributed by atoms with E-state index in [9.17, 15) is 24.8 Å². The number of benzene rings is 4. The number of imide groups is 1. The highest BCUT2D eigenvalue weighted by atomic mass is 16.7. The first-order valence-corrected chi connectivity index (χ1v) is 15.7. The molecule has 4 aromatic rings. The average molecular weight is 635 g/mol. The largest absolute Gasteiger partial charge is 0.392 e. The first-order chi connectivity index (χ1) is 22.9. The van der Waals surface area contributed by atoms with Crippen LogP contribution in [0.25, 0.3) is 0 Å². The minimum Gasteiger partial charge on any atom is -0.392 e. The van der Waals surface area contributed by atoms with E-state index in [-0.39, 0.29) is 36.3 Å². The number of aliphatic hydroxyl groups is 1. The lowest BCUT2D eigenvalue weighted by Gasteiger charge is -2.41. The molecule has 0 aliphatic carbocycles. The lowest BCUT2D eigenvalue weighted by Crippen LogP contribution is -2.49. The number of hydrogen-bond donors (Lipinski definition) is 1. The number of hydrogen-bond acceptors (Lipinski definition) is 9. The number of anilines is 2. The molecular weight excluding hydrogens is 600 g/mol. The van der Waals surface area contributed by atoms with Crippen LogP contribution in [0.2, 0.25) is 0 Å². The number of piperazine rings is 1. The summed E-state index contributed by atoms with van der Waals surface area (Å²) in [6.45, 7) is 3.78. The van der Waals surface area contributed by atoms with Gasteiger partial charge in [-0.2, -0.15) is 0 Å². The van der Waals surface area contributed by atoms with E-state index in [0.717, 1.165) is 43.0 Å². The lowest BCUT2D eigenvalue weighted by molar-refractivity contribution is -0.384. The van der Waals surface area contributed by atoms with Crippen molar-refractivity contribution in [2.45, 2.75) is 31.5 Å². The maximum atomic E-state index is 13.2. The zero-order valence-electron chi connectivity index (χ0n) is 25.6. The minimum absolute atomic E-state index is 0.0450. The Bertz CT molecular complexity index is 1750. The Hall–Kier alpha value is -4.94. The molecule has 11 heteroatoms. The Morgan fingerprint density at radius 2 is 1.45 bits per heavy atom. The van der Waals surface area contributed by atoms with E-state index >= 15 is 0 Å². The van der Waals surface area contributed by atoms with Gasteiger partial charge in [0.2, 0.25) is 0 Å². The molecule has 0 unspecified atom stereocenters. The number of amides is 2. The molecule has 11 nitrogen and oxygen atoms in total. The number of carbonyl (C=O) groups is 2. The van der Waals surface area contributed by atoms with Gasteiger partial charge in [-0.25, -0.2) is 4.90 Å². The predicted molar refractivity (Wildman–Crippen MR) is 174 cm³/mol. The highest BCUT2D eigenvalue weighted by molar-refractivity contribution is 6.34. The molecule has 0 radical (unpaired) electrons. The highest BCUT2D eigenvalue weighted by Gasteiger charge is 2.38. The van der Waals surface area contributed by atoms with Crippen LogP contribution in [0.4, 0.5) is 17.1 Å². The first-order valence-electron chi connectivity index (χ1n) is 15.7. The molecule has 0 saturated carbocycles. The van der Waals surface area contributed by atoms with Crippen molar-refractivity contribution in [2.24, 2.45) is 0 Å². The summed E-state index contributed by atoms with van der Waals surface area (Å²) in [5.74, 6) is -0.721. The van der Waals surface area contributed by atoms with Crippen LogP contribution in [0, 0.1) is 10.1 Å². The maximum absolute atomic E-state index is 13.2. The molecule has 4 aromatic carbocycles. The molecule has 3 aliphatic heterocycles. The van der Waals surface area contributed by atoms with Gasteiger partial charge in [-0.3, -0.25) is 24.6 Å². The Morgan fingerprint density at radius 3 is 2.09 bits per heavy atom. The number of ether oxygens (including phenoxy) is 2. The van der Waals surface area contributed by atoms with Crippen LogP contribution in [0.5, 0.6) is 0 Å². The van der Waals surface area contributed by atoms with Gasteiger partial charge in [-0.05, 0) is 47.5 Å². The van der Waals surface area contributed by atoms with E-state index in [1.807, 2.05) is 30.3 Å². The van der Waals surface area contributed by atoms with Crippen LogP contribution in [0.15, 0.2) is 97.1 Å². The zero-order chi connectivity index (χ0) is 32.5. The number of nitro benzene ring substituents is 1. The van der Waals surface area contributed by atoms with E-state index in [2.05, 4.69) is 9.80 Å². The van der Waals surface area contributed by atoms with Gasteiger partial charge in [0.15, 0.2) is 6.29 Å². The molecule has 7 rings (SSSR count). The van der Waals surface area contributed by atoms with Crippen molar-refractivity contribution in [3.8, 4) is 0 Å². The monoisotopic (exact) mass is 634 g/mol. The summed E-state index contributed by atoms with van der Waals surface area (Å²) in [6, 6.07) is 28.4. The lowest BCUT2D eigenvalue weighted by atomic mass is 9.99. The second kappa shape index (κ2) is 13.0. The number of carbonyl (C=O) groups excluding carboxylic acids is 2. The van der Waals surface area contributed by atoms with Crippen molar-refractivity contribution < 1.29 is 29.1 Å². The number of fused-ring (bicyclic) bond motifs is 1. The first kappa shape index (κ1) is 30.7. The molecule has 0 bridgehead atoms. The van der Waals surface area contributed by atoms with Gasteiger partial charge in [-0.15, -0.1) is 0 Å². The van der Waals surface area contributed by atoms with Crippen LogP contribution in [-0.2, 0) is 16.1 Å². The van der Waals surface area contributed by atoms with Crippen LogP contribution in [0.3, 0.4) is 0 Å². The Balaban J connectivity index is 1.08. The fourth-order valence-corrected chi connectivity index (χ4v) is 6.53. The van der Waals surface area contributed by atoms with Crippen molar-refractivity contribution in [3.63, 3.8) is 0 Å². The average Bonchev–Trinajstić information content (AvgIpc) is 3.37. The molecule has 3 atom stereocenters. The predicted octanol–water partition coefficient (Wildman–Crippen LogP) is 5.26. The standard InChI is InChI=1S/C36H34N4O7/c41-23-24-8-10-25(11-9-24)33-21-30(22-37-16-18-38(19-17-37)27-12-14-28(15-13-27)40(44)45)46-36(47-33)26-4-3-5-29(20-26)39-34(42)31-6-1-2-7-32(31)35(39)43/h1-15,20,30,33,36,41H,16-19,21-23H2/t30-,33+,36+/m1/s1. The van der Waals surface area contributed by atoms with E-state index in [4.69, 9.17) is 9.47 Å². The normalized spacial score (nSPS) is 21.6. The van der Waals surface area contributed by atoms with Gasteiger partial charge in [0.25, 0.3) is 17.5 Å². The molecule has 240 valence electrons. The van der Waals surface area contributed by atoms with Gasteiger partial charge >= 0.3 is 0 Å². The van der Waals surface area contributed by atoms with Gasteiger partial charge in [0.05, 0.1) is 40.6 Å². The number of aliphatic hydroxyl groups excluding tert-OH is 1. The summed E-state index contributed by atoms with van der Waals surface area (Å²) in [5, 5.41) is 20.6. The highest BCUT2D eigenvalue weighted by Crippen LogP contribution is 2.40. The molecule has 2 amide bonds. The summed E-state index contributed by atoms with van der Waals surface area (Å²) in [4.78, 5) is 42.8. The van der Waals surface area contributed by atoms with Crippen LogP contribution < -0.4 is 9.80 Å². The SMILES string of the molecule is O=C1c2ccccc2C(=O)N1c1cccc([C@H]2O[C@@H](CN3CCN(c4ccc([N+](=O)[O-])cc4)CC3)C[C@@H](c3ccc(CO)cc3)O2)c1. The smallest absolute Gasteiger partial charge is 0.269 e. The van der Waals surface area contributed by atoms with Crippen molar-refractivity contribution in [1.82, 2.24) is 4.90 Å². The van der Waals surface area contributed by atoms with Crippen molar-refractivity contribution >= 4 is 28.9 Å². The number of rotatable bonds is 8. The number of non-ortho nitro benzene ring substituents is 1. The third-order valence-corrected chi connectivity index (χ3v) is 9.07. The van der Waals surface area contributed by atoms with E-state index in [1.54, 1.807) is 54.6 Å². The van der Waals surface area contributed by atoms with Gasteiger partial charge in [0, 0.05) is 62.5 Å². The van der Waals surface area contributed by atoms with E-state index in [1.165, 1.54) is 17.0 Å². The zero-order valence-corrected chi connectivity index (χ0v) is 25.6. The summed E-state index contributed by atoms with van der Waals surface area (Å²) in [7, 11) is 0. The molecular formula is C36H34N4O7. The van der Waals surface area contributed by atoms with E-state index < -0.39 is 11.2 Å². The van der Waals surface area contributed by atoms with Crippen molar-refractivity contribution in [3.05, 3.63) is 135 Å². The molecule has 47 heavy (non-hydrogen) atoms. The number of nitro groups is 1. The fraction of sp³-hybridized carbons (Fsp3) is 0.278. The quantitative estimate of drug-likeness (QED) is 0.157. The van der Waals surface area contributed by atoms with Crippen LogP contribution in [-0.4, -0.2) is 65.6 Å². The number of nitrogens with zero attached hydrogens (tertiary/aromatic N) is 4. The van der Waals surface area contributed by atoms with Crippen LogP contribution in [0.1, 0.15) is 56.2 Å². The molecule has 1 N–H and O–H groups in total. The van der Waals surface area contributed by atoms with Crippen LogP contribution >= 0.6 is 0 Å². The van der Waals surface area contributed by atoms with Gasteiger partial charge in [-0.1, -0.05) is 48.5 Å². The Kier molecular flexibility index (Phi) is 8.52. The molecule has 3 aliphatic rings. The Morgan fingerprint density at radius 1 is 0.766 bits per heavy atom. The van der Waals surface area contributed by atoms with Gasteiger partial charge in [0.1, 0.15) is 0 Å². The molecule has 0 spiro atoms. The van der Waals surface area contributed by atoms with Crippen molar-refractivity contribution in [1.29, 1.82) is 0 Å². The summed E-state index contributed by atoms with van der Waals surface area (Å²) < 4.78 is 13.1. The molecule has 3 heterocycles. The second-order valence-electron chi connectivity index (χ2n) is 12.0. The third kappa shape index (κ3) is 6.26. The second-order valence-corrected chi connectivity index (χ2v) is 12.0. The Labute approximate surface area is 271 Å². The summed E-state index contributed by atoms with van der Waals surface area (Å²) in [5.41, 5.74) is 4.74. The molecule has 2 fully saturated rings. The summed E-state index contributed by atoms with van der Waals surface area (Å²) >= 11 is 0. The minimum atomic E-state index is -0.743.